The third kappa shape index (κ3) is 3.53. The minimum absolute atomic E-state index is 0.0324. The number of hydrogen-bond acceptors (Lipinski definition) is 8. The minimum atomic E-state index is -0.389. The second-order valence-electron chi connectivity index (χ2n) is 5.33. The number of aromatic nitrogens is 5. The van der Waals surface area contributed by atoms with E-state index in [0.29, 0.717) is 17.5 Å². The summed E-state index contributed by atoms with van der Waals surface area (Å²) < 4.78 is 6.91. The molecule has 1 atom stereocenters. The Morgan fingerprint density at radius 3 is 3.13 bits per heavy atom. The molecule has 0 aliphatic carbocycles. The van der Waals surface area contributed by atoms with Gasteiger partial charge < -0.3 is 19.7 Å². The van der Waals surface area contributed by atoms with Gasteiger partial charge >= 0.3 is 11.8 Å². The van der Waals surface area contributed by atoms with E-state index in [4.69, 9.17) is 4.52 Å². The summed E-state index contributed by atoms with van der Waals surface area (Å²) in [6.07, 6.45) is 2.29. The summed E-state index contributed by atoms with van der Waals surface area (Å²) in [6, 6.07) is 0. The topological polar surface area (TPSA) is 111 Å². The SMILES string of the molecule is CNC(=O)c1nc(CSc2nnc(C3CCCNC3)n2C)no1. The van der Waals surface area contributed by atoms with E-state index < -0.39 is 0 Å². The lowest BCUT2D eigenvalue weighted by Crippen LogP contribution is -2.29. The van der Waals surface area contributed by atoms with Gasteiger partial charge in [-0.1, -0.05) is 16.9 Å². The second kappa shape index (κ2) is 7.09. The monoisotopic (exact) mass is 337 g/mol. The van der Waals surface area contributed by atoms with Crippen molar-refractivity contribution >= 4 is 17.7 Å². The molecule has 0 spiro atoms. The maximum absolute atomic E-state index is 11.4. The van der Waals surface area contributed by atoms with Gasteiger partial charge in [0.1, 0.15) is 5.82 Å². The molecule has 1 unspecified atom stereocenters. The predicted molar refractivity (Wildman–Crippen MR) is 83.1 cm³/mol. The molecular weight excluding hydrogens is 318 g/mol. The maximum atomic E-state index is 11.4. The molecule has 23 heavy (non-hydrogen) atoms. The van der Waals surface area contributed by atoms with Gasteiger partial charge in [-0.3, -0.25) is 4.79 Å². The van der Waals surface area contributed by atoms with Crippen LogP contribution in [0.25, 0.3) is 0 Å². The lowest BCUT2D eigenvalue weighted by molar-refractivity contribution is 0.0919. The molecular formula is C13H19N7O2S. The van der Waals surface area contributed by atoms with Crippen molar-refractivity contribution in [3.05, 3.63) is 17.5 Å². The summed E-state index contributed by atoms with van der Waals surface area (Å²) >= 11 is 1.47. The highest BCUT2D eigenvalue weighted by Crippen LogP contribution is 2.26. The maximum Gasteiger partial charge on any atom is 0.315 e. The summed E-state index contributed by atoms with van der Waals surface area (Å²) in [5, 5.41) is 19.0. The van der Waals surface area contributed by atoms with Gasteiger partial charge in [-0.15, -0.1) is 10.2 Å². The summed E-state index contributed by atoms with van der Waals surface area (Å²) in [6.45, 7) is 2.01. The fourth-order valence-corrected chi connectivity index (χ4v) is 3.28. The number of nitrogens with one attached hydrogen (secondary N) is 2. The molecule has 3 heterocycles. The fraction of sp³-hybridized carbons (Fsp3) is 0.615. The first kappa shape index (κ1) is 15.9. The minimum Gasteiger partial charge on any atom is -0.351 e. The van der Waals surface area contributed by atoms with Crippen molar-refractivity contribution in [2.24, 2.45) is 7.05 Å². The molecule has 0 aromatic carbocycles. The van der Waals surface area contributed by atoms with Crippen LogP contribution in [0.3, 0.4) is 0 Å². The zero-order valence-corrected chi connectivity index (χ0v) is 13.9. The number of rotatable bonds is 5. The molecule has 1 fully saturated rings. The Labute approximate surface area is 137 Å². The van der Waals surface area contributed by atoms with Gasteiger partial charge in [0.2, 0.25) is 0 Å². The normalized spacial score (nSPS) is 18.1. The Kier molecular flexibility index (Phi) is 4.91. The number of thioether (sulfide) groups is 1. The standard InChI is InChI=1S/C13H19N7O2S/c1-14-11(21)12-16-9(19-22-12)7-23-13-18-17-10(20(13)2)8-4-3-5-15-6-8/h8,15H,3-7H2,1-2H3,(H,14,21). The predicted octanol–water partition coefficient (Wildman–Crippen LogP) is 0.317. The van der Waals surface area contributed by atoms with E-state index in [1.165, 1.54) is 18.8 Å². The number of piperidine rings is 1. The lowest BCUT2D eigenvalue weighted by atomic mass is 9.99. The van der Waals surface area contributed by atoms with Gasteiger partial charge in [0.25, 0.3) is 0 Å². The molecule has 1 amide bonds. The van der Waals surface area contributed by atoms with E-state index in [-0.39, 0.29) is 11.8 Å². The second-order valence-corrected chi connectivity index (χ2v) is 6.27. The van der Waals surface area contributed by atoms with Crippen LogP contribution in [0.5, 0.6) is 0 Å². The van der Waals surface area contributed by atoms with Crippen LogP contribution in [0.4, 0.5) is 0 Å². The molecule has 2 aromatic rings. The van der Waals surface area contributed by atoms with Crippen molar-refractivity contribution in [1.82, 2.24) is 35.5 Å². The van der Waals surface area contributed by atoms with Crippen molar-refractivity contribution in [3.63, 3.8) is 0 Å². The van der Waals surface area contributed by atoms with E-state index in [1.807, 2.05) is 11.6 Å². The van der Waals surface area contributed by atoms with Crippen LogP contribution in [-0.2, 0) is 12.8 Å². The zero-order valence-electron chi connectivity index (χ0n) is 13.1. The first-order valence-electron chi connectivity index (χ1n) is 7.46. The third-order valence-corrected chi connectivity index (χ3v) is 4.77. The van der Waals surface area contributed by atoms with Gasteiger partial charge in [-0.25, -0.2) is 0 Å². The Bertz CT molecular complexity index is 678. The number of nitrogens with zero attached hydrogens (tertiary/aromatic N) is 5. The van der Waals surface area contributed by atoms with E-state index in [0.717, 1.165) is 36.9 Å². The molecule has 2 aromatic heterocycles. The van der Waals surface area contributed by atoms with Crippen LogP contribution in [0.2, 0.25) is 0 Å². The zero-order chi connectivity index (χ0) is 16.2. The summed E-state index contributed by atoms with van der Waals surface area (Å²) in [4.78, 5) is 15.4. The van der Waals surface area contributed by atoms with Crippen LogP contribution in [0, 0.1) is 0 Å². The van der Waals surface area contributed by atoms with Crippen molar-refractivity contribution in [2.45, 2.75) is 29.7 Å². The molecule has 0 bridgehead atoms. The van der Waals surface area contributed by atoms with E-state index in [2.05, 4.69) is 31.0 Å². The van der Waals surface area contributed by atoms with Crippen molar-refractivity contribution < 1.29 is 9.32 Å². The Morgan fingerprint density at radius 1 is 1.52 bits per heavy atom. The highest BCUT2D eigenvalue weighted by atomic mass is 32.2. The van der Waals surface area contributed by atoms with Crippen molar-refractivity contribution in [3.8, 4) is 0 Å². The molecule has 1 aliphatic heterocycles. The van der Waals surface area contributed by atoms with Crippen LogP contribution in [0.15, 0.2) is 9.68 Å². The highest BCUT2D eigenvalue weighted by Gasteiger charge is 2.22. The van der Waals surface area contributed by atoms with Crippen molar-refractivity contribution in [2.75, 3.05) is 20.1 Å². The van der Waals surface area contributed by atoms with Gasteiger partial charge in [0.15, 0.2) is 11.0 Å². The molecule has 10 heteroatoms. The molecule has 0 saturated carbocycles. The average molecular weight is 337 g/mol. The van der Waals surface area contributed by atoms with Crippen LogP contribution < -0.4 is 10.6 Å². The molecule has 1 aliphatic rings. The van der Waals surface area contributed by atoms with E-state index in [1.54, 1.807) is 0 Å². The third-order valence-electron chi connectivity index (χ3n) is 3.75. The van der Waals surface area contributed by atoms with Crippen LogP contribution in [-0.4, -0.2) is 50.9 Å². The van der Waals surface area contributed by atoms with Crippen LogP contribution >= 0.6 is 11.8 Å². The average Bonchev–Trinajstić information content (AvgIpc) is 3.20. The fourth-order valence-electron chi connectivity index (χ4n) is 2.52. The summed E-state index contributed by atoms with van der Waals surface area (Å²) in [5.41, 5.74) is 0. The first-order chi connectivity index (χ1) is 11.2. The number of hydrogen-bond donors (Lipinski definition) is 2. The molecule has 2 N–H and O–H groups in total. The summed E-state index contributed by atoms with van der Waals surface area (Å²) in [5.74, 6) is 1.90. The largest absolute Gasteiger partial charge is 0.351 e. The van der Waals surface area contributed by atoms with Gasteiger partial charge in [-0.2, -0.15) is 4.98 Å². The lowest BCUT2D eigenvalue weighted by Gasteiger charge is -2.21. The smallest absolute Gasteiger partial charge is 0.315 e. The van der Waals surface area contributed by atoms with Crippen molar-refractivity contribution in [1.29, 1.82) is 0 Å². The summed E-state index contributed by atoms with van der Waals surface area (Å²) in [7, 11) is 3.49. The quantitative estimate of drug-likeness (QED) is 0.750. The van der Waals surface area contributed by atoms with Gasteiger partial charge in [0, 0.05) is 26.6 Å². The number of amides is 1. The highest BCUT2D eigenvalue weighted by molar-refractivity contribution is 7.98. The molecule has 3 rings (SSSR count). The number of carbonyl (C=O) groups is 1. The number of carbonyl (C=O) groups excluding carboxylic acids is 1. The van der Waals surface area contributed by atoms with Crippen LogP contribution in [0.1, 0.15) is 41.1 Å². The molecule has 9 nitrogen and oxygen atoms in total. The Balaban J connectivity index is 1.63. The van der Waals surface area contributed by atoms with Gasteiger partial charge in [0.05, 0.1) is 5.75 Å². The molecule has 124 valence electrons. The Morgan fingerprint density at radius 2 is 2.39 bits per heavy atom. The molecule has 0 radical (unpaired) electrons. The first-order valence-corrected chi connectivity index (χ1v) is 8.45. The molecule has 1 saturated heterocycles. The Hall–Kier alpha value is -1.94. The van der Waals surface area contributed by atoms with E-state index in [9.17, 15) is 4.79 Å². The van der Waals surface area contributed by atoms with E-state index >= 15 is 0 Å². The van der Waals surface area contributed by atoms with Gasteiger partial charge in [-0.05, 0) is 19.4 Å².